The summed E-state index contributed by atoms with van der Waals surface area (Å²) >= 11 is 0. The normalized spacial score (nSPS) is 10.8. The first-order valence-electron chi connectivity index (χ1n) is 9.57. The van der Waals surface area contributed by atoms with E-state index in [9.17, 15) is 9.59 Å². The first kappa shape index (κ1) is 21.6. The molecule has 0 bridgehead atoms. The van der Waals surface area contributed by atoms with E-state index in [4.69, 9.17) is 15.2 Å². The average molecular weight is 420 g/mol. The summed E-state index contributed by atoms with van der Waals surface area (Å²) in [5.74, 6) is -0.0994. The van der Waals surface area contributed by atoms with E-state index in [-0.39, 0.29) is 12.5 Å². The predicted octanol–water partition coefficient (Wildman–Crippen LogP) is 2.73. The number of aryl methyl sites for hydroxylation is 2. The van der Waals surface area contributed by atoms with Crippen LogP contribution in [0.25, 0.3) is 5.69 Å². The number of hydrazone groups is 1. The van der Waals surface area contributed by atoms with Gasteiger partial charge >= 0.3 is 0 Å². The molecule has 8 nitrogen and oxygen atoms in total. The van der Waals surface area contributed by atoms with Crippen molar-refractivity contribution in [3.63, 3.8) is 0 Å². The van der Waals surface area contributed by atoms with Crippen molar-refractivity contribution in [3.8, 4) is 17.2 Å². The van der Waals surface area contributed by atoms with Gasteiger partial charge in [0.2, 0.25) is 0 Å². The third-order valence-electron chi connectivity index (χ3n) is 4.60. The molecule has 8 heteroatoms. The highest BCUT2D eigenvalue weighted by atomic mass is 16.5. The van der Waals surface area contributed by atoms with Crippen molar-refractivity contribution in [2.24, 2.45) is 10.8 Å². The lowest BCUT2D eigenvalue weighted by molar-refractivity contribution is -0.119. The van der Waals surface area contributed by atoms with Crippen LogP contribution in [0.5, 0.6) is 11.5 Å². The van der Waals surface area contributed by atoms with Gasteiger partial charge in [0.1, 0.15) is 0 Å². The van der Waals surface area contributed by atoms with E-state index in [0.29, 0.717) is 22.6 Å². The third kappa shape index (κ3) is 5.30. The molecule has 2 aromatic carbocycles. The molecule has 31 heavy (non-hydrogen) atoms. The Kier molecular flexibility index (Phi) is 6.71. The van der Waals surface area contributed by atoms with Crippen LogP contribution in [-0.4, -0.2) is 36.3 Å². The fraction of sp³-hybridized carbons (Fsp3) is 0.174. The summed E-state index contributed by atoms with van der Waals surface area (Å²) in [6.45, 7) is 3.82. The summed E-state index contributed by atoms with van der Waals surface area (Å²) in [6.07, 6.45) is 1.49. The zero-order valence-corrected chi connectivity index (χ0v) is 17.6. The standard InChI is InChI=1S/C23H24N4O4/c1-15-4-5-16(2)27(15)19-9-7-18(8-10-19)23(29)26-25-13-17-6-11-20(21(12-17)30-3)31-14-22(24)28/h4-13H,14H2,1-3H3,(H2,24,28)(H,26,29)/b25-13+. The molecular formula is C23H24N4O4. The quantitative estimate of drug-likeness (QED) is 0.431. The van der Waals surface area contributed by atoms with E-state index in [1.165, 1.54) is 13.3 Å². The van der Waals surface area contributed by atoms with Crippen molar-refractivity contribution in [2.45, 2.75) is 13.8 Å². The van der Waals surface area contributed by atoms with Crippen LogP contribution in [0.15, 0.2) is 59.7 Å². The maximum absolute atomic E-state index is 12.4. The molecule has 0 radical (unpaired) electrons. The summed E-state index contributed by atoms with van der Waals surface area (Å²) in [7, 11) is 1.48. The highest BCUT2D eigenvalue weighted by Gasteiger charge is 2.08. The molecule has 2 amide bonds. The summed E-state index contributed by atoms with van der Waals surface area (Å²) in [5.41, 5.74) is 12.0. The topological polar surface area (TPSA) is 108 Å². The maximum Gasteiger partial charge on any atom is 0.271 e. The highest BCUT2D eigenvalue weighted by molar-refractivity contribution is 5.95. The lowest BCUT2D eigenvalue weighted by atomic mass is 10.2. The third-order valence-corrected chi connectivity index (χ3v) is 4.60. The predicted molar refractivity (Wildman–Crippen MR) is 118 cm³/mol. The van der Waals surface area contributed by atoms with Gasteiger partial charge in [0, 0.05) is 22.6 Å². The van der Waals surface area contributed by atoms with Crippen LogP contribution in [0, 0.1) is 13.8 Å². The van der Waals surface area contributed by atoms with Gasteiger partial charge in [-0.25, -0.2) is 5.43 Å². The van der Waals surface area contributed by atoms with Crippen molar-refractivity contribution in [2.75, 3.05) is 13.7 Å². The van der Waals surface area contributed by atoms with E-state index in [0.717, 1.165) is 17.1 Å². The van der Waals surface area contributed by atoms with Crippen LogP contribution in [0.4, 0.5) is 0 Å². The minimum atomic E-state index is -0.581. The molecule has 0 aliphatic carbocycles. The van der Waals surface area contributed by atoms with Crippen LogP contribution >= 0.6 is 0 Å². The number of amides is 2. The molecule has 160 valence electrons. The Balaban J connectivity index is 1.64. The Labute approximate surface area is 180 Å². The molecule has 1 aromatic heterocycles. The summed E-state index contributed by atoms with van der Waals surface area (Å²) in [6, 6.07) is 16.4. The second-order valence-electron chi connectivity index (χ2n) is 6.86. The number of hydrogen-bond acceptors (Lipinski definition) is 5. The Morgan fingerprint density at radius 3 is 2.32 bits per heavy atom. The largest absolute Gasteiger partial charge is 0.493 e. The number of nitrogens with two attached hydrogens (primary N) is 1. The Morgan fingerprint density at radius 1 is 1.03 bits per heavy atom. The number of aromatic nitrogens is 1. The Bertz CT molecular complexity index is 1100. The lowest BCUT2D eigenvalue weighted by Crippen LogP contribution is -2.20. The van der Waals surface area contributed by atoms with Crippen LogP contribution in [0.2, 0.25) is 0 Å². The number of primary amides is 1. The number of rotatable bonds is 8. The number of carbonyl (C=O) groups is 2. The molecule has 0 aliphatic rings. The van der Waals surface area contributed by atoms with Gasteiger partial charge < -0.3 is 19.8 Å². The van der Waals surface area contributed by atoms with Gasteiger partial charge in [0.25, 0.3) is 11.8 Å². The van der Waals surface area contributed by atoms with E-state index >= 15 is 0 Å². The first-order chi connectivity index (χ1) is 14.9. The molecule has 0 fully saturated rings. The molecule has 3 rings (SSSR count). The SMILES string of the molecule is COc1cc(/C=N/NC(=O)c2ccc(-n3c(C)ccc3C)cc2)ccc1OCC(N)=O. The number of nitrogens with one attached hydrogen (secondary N) is 1. The van der Waals surface area contributed by atoms with Crippen molar-refractivity contribution in [1.82, 2.24) is 9.99 Å². The van der Waals surface area contributed by atoms with Gasteiger partial charge in [0.05, 0.1) is 13.3 Å². The molecule has 0 spiro atoms. The van der Waals surface area contributed by atoms with Gasteiger partial charge in [-0.1, -0.05) is 0 Å². The zero-order valence-electron chi connectivity index (χ0n) is 17.6. The molecule has 3 N–H and O–H groups in total. The van der Waals surface area contributed by atoms with Crippen molar-refractivity contribution in [1.29, 1.82) is 0 Å². The van der Waals surface area contributed by atoms with Gasteiger partial charge in [-0.2, -0.15) is 5.10 Å². The molecule has 0 saturated carbocycles. The molecule has 1 heterocycles. The van der Waals surface area contributed by atoms with Gasteiger partial charge in [-0.15, -0.1) is 0 Å². The first-order valence-corrected chi connectivity index (χ1v) is 9.57. The van der Waals surface area contributed by atoms with Crippen LogP contribution in [0.1, 0.15) is 27.3 Å². The van der Waals surface area contributed by atoms with E-state index in [1.807, 2.05) is 26.0 Å². The van der Waals surface area contributed by atoms with E-state index in [1.54, 1.807) is 30.3 Å². The molecule has 0 unspecified atom stereocenters. The van der Waals surface area contributed by atoms with Crippen molar-refractivity contribution < 1.29 is 19.1 Å². The summed E-state index contributed by atoms with van der Waals surface area (Å²) < 4.78 is 12.6. The second-order valence-corrected chi connectivity index (χ2v) is 6.86. The van der Waals surface area contributed by atoms with Gasteiger partial charge in [-0.05, 0) is 74.0 Å². The number of methoxy groups -OCH3 is 1. The smallest absolute Gasteiger partial charge is 0.271 e. The molecule has 0 aliphatic heterocycles. The minimum Gasteiger partial charge on any atom is -0.493 e. The Morgan fingerprint density at radius 2 is 1.71 bits per heavy atom. The maximum atomic E-state index is 12.4. The number of hydrogen-bond donors (Lipinski definition) is 2. The number of benzene rings is 2. The number of carbonyl (C=O) groups excluding carboxylic acids is 2. The molecule has 3 aromatic rings. The number of ether oxygens (including phenoxy) is 2. The number of nitrogens with zero attached hydrogens (tertiary/aromatic N) is 2. The van der Waals surface area contributed by atoms with Crippen LogP contribution < -0.4 is 20.6 Å². The van der Waals surface area contributed by atoms with Crippen LogP contribution in [-0.2, 0) is 4.79 Å². The molecular weight excluding hydrogens is 396 g/mol. The van der Waals surface area contributed by atoms with Gasteiger partial charge in [-0.3, -0.25) is 9.59 Å². The fourth-order valence-electron chi connectivity index (χ4n) is 3.10. The molecule has 0 atom stereocenters. The van der Waals surface area contributed by atoms with Crippen molar-refractivity contribution >= 4 is 18.0 Å². The van der Waals surface area contributed by atoms with Gasteiger partial charge in [0.15, 0.2) is 18.1 Å². The summed E-state index contributed by atoms with van der Waals surface area (Å²) in [4.78, 5) is 23.2. The van der Waals surface area contributed by atoms with E-state index in [2.05, 4.69) is 27.2 Å². The monoisotopic (exact) mass is 420 g/mol. The second kappa shape index (κ2) is 9.62. The lowest BCUT2D eigenvalue weighted by Gasteiger charge is -2.10. The highest BCUT2D eigenvalue weighted by Crippen LogP contribution is 2.27. The van der Waals surface area contributed by atoms with Crippen molar-refractivity contribution in [3.05, 3.63) is 77.1 Å². The molecule has 0 saturated heterocycles. The fourth-order valence-corrected chi connectivity index (χ4v) is 3.10. The Hall–Kier alpha value is -4.07. The summed E-state index contributed by atoms with van der Waals surface area (Å²) in [5, 5.41) is 4.00. The van der Waals surface area contributed by atoms with Crippen LogP contribution in [0.3, 0.4) is 0 Å². The average Bonchev–Trinajstić information content (AvgIpc) is 3.10. The zero-order chi connectivity index (χ0) is 22.4. The van der Waals surface area contributed by atoms with E-state index < -0.39 is 5.91 Å². The minimum absolute atomic E-state index is 0.248.